The molecule has 2 heterocycles. The van der Waals surface area contributed by atoms with E-state index in [4.69, 9.17) is 0 Å². The van der Waals surface area contributed by atoms with Crippen LogP contribution in [0.4, 0.5) is 0 Å². The minimum absolute atomic E-state index is 0.684. The van der Waals surface area contributed by atoms with Crippen LogP contribution in [0.15, 0.2) is 18.3 Å². The molecule has 0 aliphatic carbocycles. The molecule has 5 nitrogen and oxygen atoms in total. The first-order valence-corrected chi connectivity index (χ1v) is 5.82. The molecule has 2 aromatic heterocycles. The fourth-order valence-electron chi connectivity index (χ4n) is 2.17. The van der Waals surface area contributed by atoms with E-state index >= 15 is 0 Å². The van der Waals surface area contributed by atoms with Gasteiger partial charge in [-0.3, -0.25) is 4.98 Å². The number of hydrogen-bond donors (Lipinski definition) is 0. The second-order valence-electron chi connectivity index (χ2n) is 4.02. The highest BCUT2D eigenvalue weighted by Gasteiger charge is 2.08. The fourth-order valence-corrected chi connectivity index (χ4v) is 2.17. The summed E-state index contributed by atoms with van der Waals surface area (Å²) in [4.78, 5) is 4.40. The third kappa shape index (κ3) is 1.46. The van der Waals surface area contributed by atoms with Gasteiger partial charge >= 0.3 is 0 Å². The SMILES string of the molecule is CCc1cc2ncc3nnnn3c2cc1CC. The van der Waals surface area contributed by atoms with Crippen molar-refractivity contribution in [2.24, 2.45) is 0 Å². The molecule has 0 unspecified atom stereocenters. The van der Waals surface area contributed by atoms with Crippen LogP contribution in [0.3, 0.4) is 0 Å². The topological polar surface area (TPSA) is 56.0 Å². The summed E-state index contributed by atoms with van der Waals surface area (Å²) in [6.45, 7) is 4.32. The Kier molecular flexibility index (Phi) is 2.24. The minimum atomic E-state index is 0.684. The predicted octanol–water partition coefficient (Wildman–Crippen LogP) is 1.80. The van der Waals surface area contributed by atoms with E-state index in [2.05, 4.69) is 46.5 Å². The molecule has 0 N–H and O–H groups in total. The number of aromatic nitrogens is 5. The first-order chi connectivity index (χ1) is 8.33. The quantitative estimate of drug-likeness (QED) is 0.669. The summed E-state index contributed by atoms with van der Waals surface area (Å²) < 4.78 is 1.74. The first-order valence-electron chi connectivity index (χ1n) is 5.82. The molecule has 0 aliphatic rings. The Hall–Kier alpha value is -2.04. The average molecular weight is 227 g/mol. The van der Waals surface area contributed by atoms with Gasteiger partial charge in [-0.15, -0.1) is 5.10 Å². The normalized spacial score (nSPS) is 11.4. The Morgan fingerprint density at radius 3 is 2.65 bits per heavy atom. The number of aryl methyl sites for hydroxylation is 2. The molecule has 0 aliphatic heterocycles. The van der Waals surface area contributed by atoms with Crippen LogP contribution >= 0.6 is 0 Å². The lowest BCUT2D eigenvalue weighted by molar-refractivity contribution is 0.839. The number of hydrogen-bond acceptors (Lipinski definition) is 4. The van der Waals surface area contributed by atoms with Crippen molar-refractivity contribution in [1.29, 1.82) is 0 Å². The highest BCUT2D eigenvalue weighted by molar-refractivity contribution is 5.78. The molecule has 0 spiro atoms. The zero-order chi connectivity index (χ0) is 11.8. The van der Waals surface area contributed by atoms with E-state index in [1.54, 1.807) is 10.7 Å². The van der Waals surface area contributed by atoms with Crippen molar-refractivity contribution in [3.8, 4) is 0 Å². The van der Waals surface area contributed by atoms with Gasteiger partial charge in [0.25, 0.3) is 0 Å². The van der Waals surface area contributed by atoms with Crippen molar-refractivity contribution in [3.05, 3.63) is 29.5 Å². The van der Waals surface area contributed by atoms with Crippen LogP contribution in [0.25, 0.3) is 16.7 Å². The molecular weight excluding hydrogens is 214 g/mol. The summed E-state index contributed by atoms with van der Waals surface area (Å²) >= 11 is 0. The number of rotatable bonds is 2. The summed E-state index contributed by atoms with van der Waals surface area (Å²) in [6, 6.07) is 4.28. The number of fused-ring (bicyclic) bond motifs is 3. The fraction of sp³-hybridized carbons (Fsp3) is 0.333. The van der Waals surface area contributed by atoms with Crippen molar-refractivity contribution in [2.45, 2.75) is 26.7 Å². The van der Waals surface area contributed by atoms with Crippen LogP contribution in [-0.4, -0.2) is 25.0 Å². The van der Waals surface area contributed by atoms with Gasteiger partial charge in [-0.1, -0.05) is 13.8 Å². The molecule has 0 fully saturated rings. The van der Waals surface area contributed by atoms with Crippen LogP contribution in [0.2, 0.25) is 0 Å². The summed E-state index contributed by atoms with van der Waals surface area (Å²) in [5.41, 5.74) is 5.29. The molecule has 3 rings (SSSR count). The second-order valence-corrected chi connectivity index (χ2v) is 4.02. The van der Waals surface area contributed by atoms with Crippen LogP contribution < -0.4 is 0 Å². The molecule has 3 aromatic rings. The lowest BCUT2D eigenvalue weighted by atomic mass is 10.0. The van der Waals surface area contributed by atoms with E-state index in [1.165, 1.54) is 11.1 Å². The molecule has 17 heavy (non-hydrogen) atoms. The number of nitrogens with zero attached hydrogens (tertiary/aromatic N) is 5. The van der Waals surface area contributed by atoms with E-state index in [1.807, 2.05) is 0 Å². The Bertz CT molecular complexity index is 686. The highest BCUT2D eigenvalue weighted by Crippen LogP contribution is 2.19. The predicted molar refractivity (Wildman–Crippen MR) is 64.8 cm³/mol. The Labute approximate surface area is 98.5 Å². The van der Waals surface area contributed by atoms with Gasteiger partial charge in [-0.05, 0) is 46.5 Å². The van der Waals surface area contributed by atoms with Gasteiger partial charge in [0.05, 0.1) is 17.2 Å². The molecule has 5 heteroatoms. The Morgan fingerprint density at radius 2 is 1.88 bits per heavy atom. The van der Waals surface area contributed by atoms with Crippen LogP contribution in [-0.2, 0) is 12.8 Å². The third-order valence-electron chi connectivity index (χ3n) is 3.10. The smallest absolute Gasteiger partial charge is 0.198 e. The van der Waals surface area contributed by atoms with Gasteiger partial charge in [0.15, 0.2) is 5.65 Å². The van der Waals surface area contributed by atoms with E-state index < -0.39 is 0 Å². The largest absolute Gasteiger partial charge is 0.251 e. The number of benzene rings is 1. The Morgan fingerprint density at radius 1 is 1.12 bits per heavy atom. The lowest BCUT2D eigenvalue weighted by Gasteiger charge is -2.07. The van der Waals surface area contributed by atoms with Crippen molar-refractivity contribution in [2.75, 3.05) is 0 Å². The highest BCUT2D eigenvalue weighted by atomic mass is 15.5. The summed E-state index contributed by atoms with van der Waals surface area (Å²) in [5, 5.41) is 11.6. The molecular formula is C12H13N5. The van der Waals surface area contributed by atoms with Gasteiger partial charge < -0.3 is 0 Å². The van der Waals surface area contributed by atoms with Crippen molar-refractivity contribution < 1.29 is 0 Å². The zero-order valence-corrected chi connectivity index (χ0v) is 9.88. The molecule has 0 saturated carbocycles. The molecule has 0 saturated heterocycles. The number of tetrazole rings is 1. The molecule has 1 aromatic carbocycles. The van der Waals surface area contributed by atoms with E-state index in [-0.39, 0.29) is 0 Å². The monoisotopic (exact) mass is 227 g/mol. The van der Waals surface area contributed by atoms with Gasteiger partial charge in [-0.25, -0.2) is 0 Å². The summed E-state index contributed by atoms with van der Waals surface area (Å²) in [7, 11) is 0. The molecule has 0 atom stereocenters. The maximum atomic E-state index is 4.40. The Balaban J connectivity index is 2.42. The van der Waals surface area contributed by atoms with Crippen molar-refractivity contribution >= 4 is 16.7 Å². The summed E-state index contributed by atoms with van der Waals surface area (Å²) in [6.07, 6.45) is 3.74. The van der Waals surface area contributed by atoms with Crippen LogP contribution in [0.5, 0.6) is 0 Å². The molecule has 0 bridgehead atoms. The molecule has 0 radical (unpaired) electrons. The third-order valence-corrected chi connectivity index (χ3v) is 3.10. The maximum absolute atomic E-state index is 4.40. The first kappa shape index (κ1) is 10.1. The van der Waals surface area contributed by atoms with Crippen LogP contribution in [0, 0.1) is 0 Å². The van der Waals surface area contributed by atoms with E-state index in [9.17, 15) is 0 Å². The van der Waals surface area contributed by atoms with Crippen LogP contribution in [0.1, 0.15) is 25.0 Å². The minimum Gasteiger partial charge on any atom is -0.251 e. The van der Waals surface area contributed by atoms with E-state index in [0.29, 0.717) is 5.65 Å². The van der Waals surface area contributed by atoms with Crippen molar-refractivity contribution in [1.82, 2.24) is 25.0 Å². The molecule has 0 amide bonds. The van der Waals surface area contributed by atoms with Crippen molar-refractivity contribution in [3.63, 3.8) is 0 Å². The van der Waals surface area contributed by atoms with Gasteiger partial charge in [-0.2, -0.15) is 4.52 Å². The zero-order valence-electron chi connectivity index (χ0n) is 9.88. The second kappa shape index (κ2) is 3.76. The van der Waals surface area contributed by atoms with Gasteiger partial charge in [0.1, 0.15) is 0 Å². The standard InChI is InChI=1S/C12H13N5/c1-3-8-5-10-11(6-9(8)4-2)17-12(7-13-10)14-15-16-17/h5-7H,3-4H2,1-2H3. The summed E-state index contributed by atoms with van der Waals surface area (Å²) in [5.74, 6) is 0. The molecule has 86 valence electrons. The average Bonchev–Trinajstić information content (AvgIpc) is 2.85. The van der Waals surface area contributed by atoms with Gasteiger partial charge in [0.2, 0.25) is 0 Å². The lowest BCUT2D eigenvalue weighted by Crippen LogP contribution is -1.98. The maximum Gasteiger partial charge on any atom is 0.198 e. The van der Waals surface area contributed by atoms with Gasteiger partial charge in [0, 0.05) is 0 Å². The van der Waals surface area contributed by atoms with E-state index in [0.717, 1.165) is 23.9 Å².